The number of aliphatic carboxylic acids is 2. The van der Waals surface area contributed by atoms with Crippen molar-refractivity contribution in [2.24, 2.45) is 0 Å². The summed E-state index contributed by atoms with van der Waals surface area (Å²) in [4.78, 5) is 25.5. The Hall–Kier alpha value is -3.50. The molecule has 2 aromatic rings. The van der Waals surface area contributed by atoms with Gasteiger partial charge in [0.2, 0.25) is 0 Å². The Morgan fingerprint density at radius 2 is 1.91 bits per heavy atom. The van der Waals surface area contributed by atoms with Crippen molar-refractivity contribution in [3.63, 3.8) is 0 Å². The van der Waals surface area contributed by atoms with Crippen molar-refractivity contribution in [2.75, 3.05) is 7.05 Å². The maximum Gasteiger partial charge on any atom is 0.333 e. The molecule has 2 bridgehead atoms. The molecule has 2 aliphatic rings. The maximum absolute atomic E-state index is 12.0. The molecule has 2 aliphatic heterocycles. The zero-order valence-electron chi connectivity index (χ0n) is 17.9. The van der Waals surface area contributed by atoms with Gasteiger partial charge in [-0.15, -0.1) is 5.10 Å². The first-order chi connectivity index (χ1) is 15.4. The molecule has 0 aliphatic carbocycles. The minimum Gasteiger partial charge on any atom is -0.478 e. The van der Waals surface area contributed by atoms with Gasteiger partial charge < -0.3 is 10.2 Å². The number of carboxylic acids is 2. The van der Waals surface area contributed by atoms with Gasteiger partial charge in [0.15, 0.2) is 0 Å². The summed E-state index contributed by atoms with van der Waals surface area (Å²) in [6.45, 7) is 0. The number of nitrogens with zero attached hydrogens (tertiary/aromatic N) is 3. The van der Waals surface area contributed by atoms with Crippen molar-refractivity contribution in [2.45, 2.75) is 49.6 Å². The lowest BCUT2D eigenvalue weighted by molar-refractivity contribution is -0.137. The fourth-order valence-corrected chi connectivity index (χ4v) is 5.15. The van der Waals surface area contributed by atoms with Gasteiger partial charge in [-0.3, -0.25) is 4.90 Å². The highest BCUT2D eigenvalue weighted by Crippen LogP contribution is 2.50. The van der Waals surface area contributed by atoms with Gasteiger partial charge in [-0.1, -0.05) is 24.1 Å². The molecule has 2 N–H and O–H groups in total. The van der Waals surface area contributed by atoms with Crippen LogP contribution in [0.1, 0.15) is 55.0 Å². The Labute approximate surface area is 186 Å². The van der Waals surface area contributed by atoms with Crippen LogP contribution in [0.2, 0.25) is 0 Å². The molecule has 7 heteroatoms. The zero-order chi connectivity index (χ0) is 22.7. The third kappa shape index (κ3) is 4.27. The van der Waals surface area contributed by atoms with Gasteiger partial charge in [-0.25, -0.2) is 9.59 Å². The number of aromatic nitrogens is 2. The van der Waals surface area contributed by atoms with Crippen LogP contribution in [0.25, 0.3) is 0 Å². The summed E-state index contributed by atoms with van der Waals surface area (Å²) in [6.07, 6.45) is 4.61. The van der Waals surface area contributed by atoms with Gasteiger partial charge in [0.1, 0.15) is 5.69 Å². The number of piperidine rings is 2. The second-order valence-corrected chi connectivity index (χ2v) is 8.49. The van der Waals surface area contributed by atoms with Crippen molar-refractivity contribution in [3.05, 3.63) is 71.1 Å². The third-order valence-electron chi connectivity index (χ3n) is 6.70. The van der Waals surface area contributed by atoms with E-state index in [1.807, 2.05) is 49.5 Å². The van der Waals surface area contributed by atoms with E-state index >= 15 is 0 Å². The lowest BCUT2D eigenvalue weighted by Crippen LogP contribution is -2.61. The minimum atomic E-state index is -1.24. The Bertz CT molecular complexity index is 1100. The van der Waals surface area contributed by atoms with Gasteiger partial charge in [-0.2, -0.15) is 5.10 Å². The molecule has 2 fully saturated rings. The first-order valence-corrected chi connectivity index (χ1v) is 10.7. The van der Waals surface area contributed by atoms with Crippen LogP contribution in [0.4, 0.5) is 0 Å². The van der Waals surface area contributed by atoms with E-state index in [1.165, 1.54) is 0 Å². The largest absolute Gasteiger partial charge is 0.478 e. The molecule has 0 saturated carbocycles. The first kappa shape index (κ1) is 21.7. The van der Waals surface area contributed by atoms with E-state index < -0.39 is 17.5 Å². The summed E-state index contributed by atoms with van der Waals surface area (Å²) in [5, 5.41) is 27.8. The summed E-state index contributed by atoms with van der Waals surface area (Å²) in [6, 6.07) is 13.6. The van der Waals surface area contributed by atoms with Crippen LogP contribution >= 0.6 is 0 Å². The monoisotopic (exact) mass is 431 g/mol. The van der Waals surface area contributed by atoms with E-state index in [9.17, 15) is 19.8 Å². The van der Waals surface area contributed by atoms with E-state index in [4.69, 9.17) is 0 Å². The van der Waals surface area contributed by atoms with Crippen molar-refractivity contribution < 1.29 is 19.8 Å². The molecule has 1 aromatic carbocycles. The SMILES string of the molecule is CN1C2CCCC1(C(=CC(=O)O)C(=O)O)CC(c1ccc(C#Cc3ccccc3)nn1)C2. The average Bonchev–Trinajstić information content (AvgIpc) is 2.77. The summed E-state index contributed by atoms with van der Waals surface area (Å²) in [5.74, 6) is 3.65. The molecule has 0 radical (unpaired) electrons. The van der Waals surface area contributed by atoms with Gasteiger partial charge in [0.05, 0.1) is 16.8 Å². The standard InChI is InChI=1S/C25H25N3O4/c1-28-20-8-5-13-25(28,21(24(31)32)15-23(29)30)16-18(14-20)22-12-11-19(26-27-22)10-9-17-6-3-2-4-7-17/h2-4,6-7,11-12,15,18,20H,5,8,13-14,16H2,1H3,(H,29,30)(H,31,32). The number of hydrogen-bond donors (Lipinski definition) is 2. The van der Waals surface area contributed by atoms with E-state index in [2.05, 4.69) is 26.9 Å². The van der Waals surface area contributed by atoms with Gasteiger partial charge >= 0.3 is 11.9 Å². The Kier molecular flexibility index (Phi) is 6.06. The van der Waals surface area contributed by atoms with Crippen LogP contribution in [0.5, 0.6) is 0 Å². The fourth-order valence-electron chi connectivity index (χ4n) is 5.15. The highest BCUT2D eigenvalue weighted by Gasteiger charge is 2.52. The van der Waals surface area contributed by atoms with Crippen molar-refractivity contribution in [1.29, 1.82) is 0 Å². The summed E-state index contributed by atoms with van der Waals surface area (Å²) in [5.41, 5.74) is 1.37. The molecule has 32 heavy (non-hydrogen) atoms. The van der Waals surface area contributed by atoms with Crippen LogP contribution in [0.3, 0.4) is 0 Å². The molecule has 3 heterocycles. The number of carboxylic acid groups (broad SMARTS) is 2. The molecule has 3 unspecified atom stereocenters. The fraction of sp³-hybridized carbons (Fsp3) is 0.360. The number of rotatable bonds is 4. The summed E-state index contributed by atoms with van der Waals surface area (Å²) >= 11 is 0. The number of fused-ring (bicyclic) bond motifs is 2. The zero-order valence-corrected chi connectivity index (χ0v) is 17.9. The quantitative estimate of drug-likeness (QED) is 0.566. The third-order valence-corrected chi connectivity index (χ3v) is 6.70. The molecule has 0 spiro atoms. The normalized spacial score (nSPS) is 25.5. The van der Waals surface area contributed by atoms with Gasteiger partial charge in [0, 0.05) is 23.6 Å². The molecule has 7 nitrogen and oxygen atoms in total. The minimum absolute atomic E-state index is 0.00308. The van der Waals surface area contributed by atoms with Crippen LogP contribution in [0.15, 0.2) is 54.1 Å². The topological polar surface area (TPSA) is 104 Å². The number of carbonyl (C=O) groups is 2. The van der Waals surface area contributed by atoms with Crippen LogP contribution in [0, 0.1) is 11.8 Å². The van der Waals surface area contributed by atoms with E-state index in [0.29, 0.717) is 18.5 Å². The second kappa shape index (κ2) is 8.93. The smallest absolute Gasteiger partial charge is 0.333 e. The van der Waals surface area contributed by atoms with Crippen LogP contribution < -0.4 is 0 Å². The highest BCUT2D eigenvalue weighted by atomic mass is 16.4. The van der Waals surface area contributed by atoms with E-state index in [-0.39, 0.29) is 17.5 Å². The van der Waals surface area contributed by atoms with Crippen molar-refractivity contribution in [1.82, 2.24) is 15.1 Å². The Morgan fingerprint density at radius 1 is 1.12 bits per heavy atom. The average molecular weight is 431 g/mol. The molecule has 3 atom stereocenters. The van der Waals surface area contributed by atoms with E-state index in [1.54, 1.807) is 0 Å². The summed E-state index contributed by atoms with van der Waals surface area (Å²) < 4.78 is 0. The molecule has 164 valence electrons. The first-order valence-electron chi connectivity index (χ1n) is 10.7. The number of likely N-dealkylation sites (N-methyl/N-ethyl adjacent to an activating group) is 1. The lowest BCUT2D eigenvalue weighted by atomic mass is 9.66. The maximum atomic E-state index is 12.0. The predicted molar refractivity (Wildman–Crippen MR) is 118 cm³/mol. The lowest BCUT2D eigenvalue weighted by Gasteiger charge is -2.55. The van der Waals surface area contributed by atoms with Gasteiger partial charge in [-0.05, 0) is 69.3 Å². The van der Waals surface area contributed by atoms with Crippen molar-refractivity contribution in [3.8, 4) is 11.8 Å². The number of benzene rings is 1. The Morgan fingerprint density at radius 3 is 2.56 bits per heavy atom. The molecule has 2 saturated heterocycles. The molecule has 1 aromatic heterocycles. The Balaban J connectivity index is 1.62. The van der Waals surface area contributed by atoms with Crippen LogP contribution in [-0.4, -0.2) is 55.9 Å². The number of hydrogen-bond acceptors (Lipinski definition) is 5. The molecular weight excluding hydrogens is 406 g/mol. The second-order valence-electron chi connectivity index (χ2n) is 8.49. The molecule has 0 amide bonds. The van der Waals surface area contributed by atoms with E-state index in [0.717, 1.165) is 36.6 Å². The highest BCUT2D eigenvalue weighted by molar-refractivity contribution is 5.96. The van der Waals surface area contributed by atoms with Crippen LogP contribution in [-0.2, 0) is 9.59 Å². The summed E-state index contributed by atoms with van der Waals surface area (Å²) in [7, 11) is 1.91. The molecule has 4 rings (SSSR count). The van der Waals surface area contributed by atoms with Gasteiger partial charge in [0.25, 0.3) is 0 Å². The molecular formula is C25H25N3O4. The van der Waals surface area contributed by atoms with Crippen molar-refractivity contribution >= 4 is 11.9 Å². The predicted octanol–water partition coefficient (Wildman–Crippen LogP) is 3.07.